The molecule has 0 saturated carbocycles. The van der Waals surface area contributed by atoms with Crippen molar-refractivity contribution in [2.45, 2.75) is 37.2 Å². The third-order valence-corrected chi connectivity index (χ3v) is 9.02. The predicted octanol–water partition coefficient (Wildman–Crippen LogP) is 3.76. The van der Waals surface area contributed by atoms with E-state index in [0.29, 0.717) is 9.84 Å². The van der Waals surface area contributed by atoms with Crippen molar-refractivity contribution in [3.63, 3.8) is 0 Å². The van der Waals surface area contributed by atoms with Gasteiger partial charge < -0.3 is 0 Å². The molecule has 3 heteroatoms. The van der Waals surface area contributed by atoms with Crippen LogP contribution in [-0.2, 0) is 4.74 Å². The molecule has 0 spiro atoms. The molecule has 2 N–H and O–H groups in total. The van der Waals surface area contributed by atoms with E-state index >= 15 is 0 Å². The normalized spacial score (nSPS) is 28.5. The zero-order valence-electron chi connectivity index (χ0n) is 12.1. The Balaban J connectivity index is 2.29. The molecule has 1 aliphatic carbocycles. The number of alkyl halides is 1. The average Bonchev–Trinajstić information content (AvgIpc) is 2.44. The zero-order chi connectivity index (χ0) is 14.0. The van der Waals surface area contributed by atoms with E-state index in [-0.39, 0.29) is 6.10 Å². The fourth-order valence-corrected chi connectivity index (χ4v) is 7.63. The number of allylic oxidation sites excluding steroid dienone is 1. The van der Waals surface area contributed by atoms with Crippen LogP contribution in [-0.4, -0.2) is 20.6 Å². The number of hydrogen-bond donors (Lipinski definition) is 0. The minimum absolute atomic E-state index is 0.152. The van der Waals surface area contributed by atoms with Gasteiger partial charge in [0.15, 0.2) is 0 Å². The van der Waals surface area contributed by atoms with Crippen LogP contribution in [0.2, 0.25) is 0 Å². The quantitative estimate of drug-likeness (QED) is 0.343. The topological polar surface area (TPSA) is 32.1 Å². The fourth-order valence-electron chi connectivity index (χ4n) is 2.76. The molecule has 0 heterocycles. The Labute approximate surface area is 123 Å². The van der Waals surface area contributed by atoms with Crippen LogP contribution in [0.25, 0.3) is 0 Å². The van der Waals surface area contributed by atoms with Crippen LogP contribution in [0.15, 0.2) is 41.5 Å². The number of benzene rings is 1. The second-order valence-corrected chi connectivity index (χ2v) is 9.91. The molecule has 3 unspecified atom stereocenters. The summed E-state index contributed by atoms with van der Waals surface area (Å²) in [6.07, 6.45) is 1.25. The Hall–Kier alpha value is -0.390. The van der Waals surface area contributed by atoms with Crippen LogP contribution in [0.1, 0.15) is 27.2 Å². The van der Waals surface area contributed by atoms with E-state index in [1.165, 1.54) is 14.7 Å². The van der Waals surface area contributed by atoms with Crippen molar-refractivity contribution in [2.75, 3.05) is 7.11 Å². The van der Waals surface area contributed by atoms with Gasteiger partial charge in [-0.1, -0.05) is 0 Å². The van der Waals surface area contributed by atoms with Gasteiger partial charge in [-0.3, -0.25) is 0 Å². The first-order chi connectivity index (χ1) is 9.06. The number of ether oxygens (including phenoxy) is 1. The van der Waals surface area contributed by atoms with Gasteiger partial charge in [0.1, 0.15) is 0 Å². The van der Waals surface area contributed by atoms with Crippen molar-refractivity contribution in [2.24, 2.45) is 5.92 Å². The van der Waals surface area contributed by atoms with Crippen molar-refractivity contribution in [1.29, 1.82) is 0 Å². The second kappa shape index (κ2) is 6.37. The van der Waals surface area contributed by atoms with Gasteiger partial charge in [-0.15, -0.1) is 0 Å². The molecule has 1 aromatic rings. The molecule has 1 aliphatic rings. The first kappa shape index (κ1) is 15.0. The monoisotopic (exact) mass is 375 g/mol. The summed E-state index contributed by atoms with van der Waals surface area (Å²) in [5.41, 5.74) is 2.82. The first-order valence-electron chi connectivity index (χ1n) is 6.71. The third-order valence-electron chi connectivity index (χ3n) is 4.20. The number of rotatable bonds is 3. The van der Waals surface area contributed by atoms with Gasteiger partial charge in [0, 0.05) is 0 Å². The van der Waals surface area contributed by atoms with E-state index in [1.54, 1.807) is 7.11 Å². The van der Waals surface area contributed by atoms with Crippen LogP contribution in [0.3, 0.4) is 0 Å². The van der Waals surface area contributed by atoms with Gasteiger partial charge in [-0.05, 0) is 0 Å². The van der Waals surface area contributed by atoms with Crippen molar-refractivity contribution in [1.82, 2.24) is 0 Å². The third kappa shape index (κ3) is 3.03. The van der Waals surface area contributed by atoms with Crippen molar-refractivity contribution >= 4 is 20.2 Å². The van der Waals surface area contributed by atoms with Crippen LogP contribution < -0.4 is 0 Å². The summed E-state index contributed by atoms with van der Waals surface area (Å²) in [4.78, 5) is 0. The minimum atomic E-state index is -1.93. The molecule has 0 fully saturated rings. The number of methoxy groups -OCH3 is 1. The molecule has 0 aromatic heterocycles. The molecule has 0 saturated heterocycles. The molecule has 1 aromatic carbocycles. The molecule has 0 bridgehead atoms. The molecular formula is C16H24IO2+. The van der Waals surface area contributed by atoms with Gasteiger partial charge in [-0.2, -0.15) is 0 Å². The molecule has 106 valence electrons. The predicted molar refractivity (Wildman–Crippen MR) is 89.5 cm³/mol. The van der Waals surface area contributed by atoms with Crippen LogP contribution in [0.5, 0.6) is 0 Å². The summed E-state index contributed by atoms with van der Waals surface area (Å²) in [7, 11) is 1.79. The Morgan fingerprint density at radius 2 is 1.79 bits per heavy atom. The standard InChI is InChI=1S/C16H23IO2/c1-11-10-15(16(19-4)13(3)12(11)2)17(18)14-8-6-5-7-9-14/h5-9,11,15-16,18H,10H2,1-4H3/p+1. The van der Waals surface area contributed by atoms with Crippen LogP contribution in [0, 0.1) is 9.49 Å². The van der Waals surface area contributed by atoms with Crippen molar-refractivity contribution < 1.29 is 8.17 Å². The van der Waals surface area contributed by atoms with Gasteiger partial charge in [0.2, 0.25) is 0 Å². The Morgan fingerprint density at radius 3 is 2.37 bits per heavy atom. The summed E-state index contributed by atoms with van der Waals surface area (Å²) in [6.45, 7) is 6.68. The fraction of sp³-hybridized carbons (Fsp3) is 0.500. The molecule has 2 nitrogen and oxygen atoms in total. The molecule has 0 amide bonds. The van der Waals surface area contributed by atoms with Crippen LogP contribution >= 0.6 is 20.2 Å². The average molecular weight is 375 g/mol. The summed E-state index contributed by atoms with van der Waals surface area (Å²) >= 11 is -1.93. The zero-order valence-corrected chi connectivity index (χ0v) is 14.3. The first-order valence-corrected chi connectivity index (χ1v) is 10.1. The van der Waals surface area contributed by atoms with Gasteiger partial charge in [0.05, 0.1) is 0 Å². The summed E-state index contributed by atoms with van der Waals surface area (Å²) in [6, 6.07) is 10.4. The molecule has 3 atom stereocenters. The Kier molecular flexibility index (Phi) is 5.03. The van der Waals surface area contributed by atoms with Gasteiger partial charge in [-0.25, -0.2) is 0 Å². The van der Waals surface area contributed by atoms with E-state index in [2.05, 4.69) is 45.0 Å². The Bertz CT molecular complexity index is 455. The molecule has 0 radical (unpaired) electrons. The van der Waals surface area contributed by atoms with Gasteiger partial charge in [0.25, 0.3) is 0 Å². The van der Waals surface area contributed by atoms with E-state index in [4.69, 9.17) is 8.17 Å². The maximum absolute atomic E-state index is 8.74. The maximum atomic E-state index is 8.74. The Morgan fingerprint density at radius 1 is 1.16 bits per heavy atom. The van der Waals surface area contributed by atoms with E-state index < -0.39 is 20.2 Å². The van der Waals surface area contributed by atoms with Gasteiger partial charge >= 0.3 is 124 Å². The molecule has 2 rings (SSSR count). The van der Waals surface area contributed by atoms with E-state index in [9.17, 15) is 0 Å². The number of hydrogen-bond acceptors (Lipinski definition) is 1. The summed E-state index contributed by atoms with van der Waals surface area (Å²) in [5, 5.41) is 0. The van der Waals surface area contributed by atoms with E-state index in [1.807, 2.05) is 6.07 Å². The number of halogens is 1. The summed E-state index contributed by atoms with van der Waals surface area (Å²) in [5.74, 6) is 0.588. The molecule has 0 aliphatic heterocycles. The molecular weight excluding hydrogens is 351 g/mol. The van der Waals surface area contributed by atoms with Crippen LogP contribution in [0.4, 0.5) is 0 Å². The second-order valence-electron chi connectivity index (χ2n) is 5.28. The van der Waals surface area contributed by atoms with Crippen molar-refractivity contribution in [3.05, 3.63) is 45.0 Å². The SMILES string of the molecule is COC1C(C)=C(C)C(C)CC1I([OH2+])c1ccccc1. The van der Waals surface area contributed by atoms with E-state index in [0.717, 1.165) is 6.42 Å². The van der Waals surface area contributed by atoms with Crippen molar-refractivity contribution in [3.8, 4) is 0 Å². The molecule has 19 heavy (non-hydrogen) atoms. The summed E-state index contributed by atoms with van der Waals surface area (Å²) < 4.78 is 16.1.